The first-order valence-corrected chi connectivity index (χ1v) is 11.3. The predicted octanol–water partition coefficient (Wildman–Crippen LogP) is 3.87. The zero-order chi connectivity index (χ0) is 23.4. The average molecular weight is 447 g/mol. The van der Waals surface area contributed by atoms with Crippen molar-refractivity contribution in [2.75, 3.05) is 25.0 Å². The average Bonchev–Trinajstić information content (AvgIpc) is 3.17. The van der Waals surface area contributed by atoms with E-state index < -0.39 is 0 Å². The first-order chi connectivity index (χ1) is 15.9. The van der Waals surface area contributed by atoms with Crippen molar-refractivity contribution in [3.05, 3.63) is 71.2 Å². The minimum atomic E-state index is -0.230. The summed E-state index contributed by atoms with van der Waals surface area (Å²) >= 11 is 0. The van der Waals surface area contributed by atoms with Crippen molar-refractivity contribution in [2.24, 2.45) is 5.92 Å². The molecule has 1 unspecified atom stereocenters. The Bertz CT molecular complexity index is 1120. The number of amides is 3. The van der Waals surface area contributed by atoms with Crippen molar-refractivity contribution in [1.29, 1.82) is 0 Å². The molecule has 4 rings (SSSR count). The van der Waals surface area contributed by atoms with Crippen LogP contribution in [0.25, 0.3) is 5.82 Å². The lowest BCUT2D eigenvalue weighted by Gasteiger charge is -2.33. The zero-order valence-corrected chi connectivity index (χ0v) is 19.3. The summed E-state index contributed by atoms with van der Waals surface area (Å²) in [4.78, 5) is 31.6. The number of aromatic nitrogens is 3. The maximum absolute atomic E-state index is 13.0. The molecule has 1 saturated heterocycles. The van der Waals surface area contributed by atoms with Crippen molar-refractivity contribution in [1.82, 2.24) is 25.0 Å². The molecule has 1 atom stereocenters. The van der Waals surface area contributed by atoms with Gasteiger partial charge in [-0.1, -0.05) is 17.7 Å². The van der Waals surface area contributed by atoms with Gasteiger partial charge in [0.15, 0.2) is 5.82 Å². The molecule has 2 N–H and O–H groups in total. The Morgan fingerprint density at radius 3 is 2.55 bits per heavy atom. The molecule has 1 aromatic carbocycles. The number of rotatable bonds is 5. The summed E-state index contributed by atoms with van der Waals surface area (Å²) in [7, 11) is 0. The van der Waals surface area contributed by atoms with Crippen LogP contribution in [0.1, 0.15) is 40.2 Å². The Hall–Kier alpha value is -3.68. The standard InChI is InChI=1S/C25H30N6O2/c1-17-6-9-22(10-7-17)28-25(33)27-14-20-5-4-12-30(16-20)24(32)21-8-11-23(26-15-21)31-19(3)13-18(2)29-31/h6-11,13,15,20H,4-5,12,14,16H2,1-3H3,(H2,27,28,33). The fourth-order valence-corrected chi connectivity index (χ4v) is 4.15. The van der Waals surface area contributed by atoms with Crippen molar-refractivity contribution in [3.63, 3.8) is 0 Å². The highest BCUT2D eigenvalue weighted by atomic mass is 16.2. The van der Waals surface area contributed by atoms with E-state index in [1.165, 1.54) is 0 Å². The van der Waals surface area contributed by atoms with Gasteiger partial charge < -0.3 is 15.5 Å². The Kier molecular flexibility index (Phi) is 6.72. The van der Waals surface area contributed by atoms with Gasteiger partial charge in [0, 0.05) is 37.2 Å². The number of nitrogens with one attached hydrogen (secondary N) is 2. The highest BCUT2D eigenvalue weighted by molar-refractivity contribution is 5.94. The van der Waals surface area contributed by atoms with E-state index in [1.807, 2.05) is 62.1 Å². The maximum Gasteiger partial charge on any atom is 0.319 e. The summed E-state index contributed by atoms with van der Waals surface area (Å²) in [6.45, 7) is 7.77. The SMILES string of the molecule is Cc1ccc(NC(=O)NCC2CCCN(C(=O)c3ccc(-n4nc(C)cc4C)nc3)C2)cc1. The number of nitrogens with zero attached hydrogens (tertiary/aromatic N) is 4. The third-order valence-corrected chi connectivity index (χ3v) is 5.89. The Morgan fingerprint density at radius 1 is 1.09 bits per heavy atom. The Labute approximate surface area is 194 Å². The molecule has 8 heteroatoms. The van der Waals surface area contributed by atoms with Gasteiger partial charge >= 0.3 is 6.03 Å². The molecule has 0 spiro atoms. The second kappa shape index (κ2) is 9.85. The summed E-state index contributed by atoms with van der Waals surface area (Å²) in [5.41, 5.74) is 4.39. The highest BCUT2D eigenvalue weighted by Gasteiger charge is 2.25. The summed E-state index contributed by atoms with van der Waals surface area (Å²) in [5, 5.41) is 10.2. The fourth-order valence-electron chi connectivity index (χ4n) is 4.15. The number of carbonyl (C=O) groups excluding carboxylic acids is 2. The lowest BCUT2D eigenvalue weighted by atomic mass is 9.97. The number of anilines is 1. The molecule has 0 aliphatic carbocycles. The first kappa shape index (κ1) is 22.5. The number of benzene rings is 1. The molecular formula is C25H30N6O2. The van der Waals surface area contributed by atoms with Gasteiger partial charge in [-0.05, 0) is 69.9 Å². The van der Waals surface area contributed by atoms with Crippen LogP contribution in [0.2, 0.25) is 0 Å². The van der Waals surface area contributed by atoms with Crippen LogP contribution in [0.15, 0.2) is 48.7 Å². The van der Waals surface area contributed by atoms with Crippen LogP contribution in [-0.2, 0) is 0 Å². The molecule has 1 aliphatic rings. The number of pyridine rings is 1. The van der Waals surface area contributed by atoms with Crippen LogP contribution < -0.4 is 10.6 Å². The molecule has 3 aromatic rings. The predicted molar refractivity (Wildman–Crippen MR) is 128 cm³/mol. The highest BCUT2D eigenvalue weighted by Crippen LogP contribution is 2.19. The monoisotopic (exact) mass is 446 g/mol. The molecule has 33 heavy (non-hydrogen) atoms. The molecule has 8 nitrogen and oxygen atoms in total. The largest absolute Gasteiger partial charge is 0.338 e. The quantitative estimate of drug-likeness (QED) is 0.622. The van der Waals surface area contributed by atoms with Crippen LogP contribution in [0.4, 0.5) is 10.5 Å². The smallest absolute Gasteiger partial charge is 0.319 e. The van der Waals surface area contributed by atoms with E-state index in [1.54, 1.807) is 16.9 Å². The minimum Gasteiger partial charge on any atom is -0.338 e. The molecule has 0 saturated carbocycles. The normalized spacial score (nSPS) is 15.8. The van der Waals surface area contributed by atoms with Crippen LogP contribution in [0.5, 0.6) is 0 Å². The molecule has 2 aromatic heterocycles. The topological polar surface area (TPSA) is 92.2 Å². The van der Waals surface area contributed by atoms with Gasteiger partial charge in [0.1, 0.15) is 0 Å². The fraction of sp³-hybridized carbons (Fsp3) is 0.360. The van der Waals surface area contributed by atoms with Gasteiger partial charge in [-0.3, -0.25) is 4.79 Å². The van der Waals surface area contributed by atoms with E-state index in [0.717, 1.165) is 35.5 Å². The lowest BCUT2D eigenvalue weighted by Crippen LogP contribution is -2.44. The van der Waals surface area contributed by atoms with E-state index in [-0.39, 0.29) is 17.9 Å². The number of carbonyl (C=O) groups is 2. The van der Waals surface area contributed by atoms with Crippen LogP contribution in [0.3, 0.4) is 0 Å². The Morgan fingerprint density at radius 2 is 1.88 bits per heavy atom. The van der Waals surface area contributed by atoms with Gasteiger partial charge in [-0.25, -0.2) is 14.5 Å². The van der Waals surface area contributed by atoms with E-state index >= 15 is 0 Å². The van der Waals surface area contributed by atoms with Gasteiger partial charge in [0.25, 0.3) is 5.91 Å². The lowest BCUT2D eigenvalue weighted by molar-refractivity contribution is 0.0674. The van der Waals surface area contributed by atoms with Crippen molar-refractivity contribution >= 4 is 17.6 Å². The summed E-state index contributed by atoms with van der Waals surface area (Å²) in [6, 6.07) is 13.1. The van der Waals surface area contributed by atoms with Gasteiger partial charge in [-0.2, -0.15) is 5.10 Å². The summed E-state index contributed by atoms with van der Waals surface area (Å²) in [6.07, 6.45) is 3.50. The minimum absolute atomic E-state index is 0.0313. The number of aryl methyl sites for hydroxylation is 3. The number of likely N-dealkylation sites (tertiary alicyclic amines) is 1. The van der Waals surface area contributed by atoms with Gasteiger partial charge in [0.05, 0.1) is 11.3 Å². The molecular weight excluding hydrogens is 416 g/mol. The third-order valence-electron chi connectivity index (χ3n) is 5.89. The molecule has 1 aliphatic heterocycles. The van der Waals surface area contributed by atoms with Crippen molar-refractivity contribution < 1.29 is 9.59 Å². The number of urea groups is 1. The number of hydrogen-bond acceptors (Lipinski definition) is 4. The maximum atomic E-state index is 13.0. The van der Waals surface area contributed by atoms with Gasteiger partial charge in [-0.15, -0.1) is 0 Å². The third kappa shape index (κ3) is 5.58. The number of hydrogen-bond donors (Lipinski definition) is 2. The van der Waals surface area contributed by atoms with E-state index in [0.29, 0.717) is 31.0 Å². The number of piperidine rings is 1. The summed E-state index contributed by atoms with van der Waals surface area (Å²) in [5.74, 6) is 0.877. The summed E-state index contributed by atoms with van der Waals surface area (Å²) < 4.78 is 1.77. The molecule has 3 heterocycles. The molecule has 0 bridgehead atoms. The molecule has 3 amide bonds. The van der Waals surface area contributed by atoms with E-state index in [4.69, 9.17) is 0 Å². The van der Waals surface area contributed by atoms with Gasteiger partial charge in [0.2, 0.25) is 0 Å². The second-order valence-corrected chi connectivity index (χ2v) is 8.70. The molecule has 1 fully saturated rings. The van der Waals surface area contributed by atoms with E-state index in [9.17, 15) is 9.59 Å². The second-order valence-electron chi connectivity index (χ2n) is 8.70. The molecule has 0 radical (unpaired) electrons. The van der Waals surface area contributed by atoms with Crippen molar-refractivity contribution in [3.8, 4) is 5.82 Å². The first-order valence-electron chi connectivity index (χ1n) is 11.3. The van der Waals surface area contributed by atoms with E-state index in [2.05, 4.69) is 20.7 Å². The van der Waals surface area contributed by atoms with Crippen LogP contribution in [-0.4, -0.2) is 51.2 Å². The Balaban J connectivity index is 1.31. The van der Waals surface area contributed by atoms with Crippen molar-refractivity contribution in [2.45, 2.75) is 33.6 Å². The van der Waals surface area contributed by atoms with Crippen LogP contribution in [0, 0.1) is 26.7 Å². The molecule has 172 valence electrons. The van der Waals surface area contributed by atoms with Crippen LogP contribution >= 0.6 is 0 Å². The zero-order valence-electron chi connectivity index (χ0n) is 19.3.